The summed E-state index contributed by atoms with van der Waals surface area (Å²) in [6.07, 6.45) is 0. The van der Waals surface area contributed by atoms with Gasteiger partial charge in [-0.3, -0.25) is 10.1 Å². The highest BCUT2D eigenvalue weighted by Gasteiger charge is 2.13. The molecule has 0 radical (unpaired) electrons. The number of ether oxygens (including phenoxy) is 1. The van der Waals surface area contributed by atoms with E-state index in [1.54, 1.807) is 43.5 Å². The van der Waals surface area contributed by atoms with Gasteiger partial charge in [0.2, 0.25) is 0 Å². The van der Waals surface area contributed by atoms with Crippen molar-refractivity contribution in [1.29, 1.82) is 0 Å². The summed E-state index contributed by atoms with van der Waals surface area (Å²) in [5, 5.41) is 15.1. The molecule has 0 bridgehead atoms. The summed E-state index contributed by atoms with van der Waals surface area (Å²) in [6, 6.07) is 14.3. The molecule has 0 atom stereocenters. The third-order valence-electron chi connectivity index (χ3n) is 4.54. The Morgan fingerprint density at radius 3 is 2.55 bits per heavy atom. The standard InChI is InChI=1S/C22H22N2O4S/c1-13-4-5-15(10-14(13)2)21(26)24-22(29)23-16-6-8-19(27-3)18(11-16)20-9-7-17(12-25)28-20/h4-11,25H,12H2,1-3H3,(H2,23,24,26,29). The van der Waals surface area contributed by atoms with Gasteiger partial charge in [-0.25, -0.2) is 0 Å². The summed E-state index contributed by atoms with van der Waals surface area (Å²) >= 11 is 5.28. The number of benzene rings is 2. The van der Waals surface area contributed by atoms with Gasteiger partial charge >= 0.3 is 0 Å². The second kappa shape index (κ2) is 8.89. The van der Waals surface area contributed by atoms with Crippen LogP contribution < -0.4 is 15.4 Å². The van der Waals surface area contributed by atoms with E-state index in [1.807, 2.05) is 26.0 Å². The zero-order valence-corrected chi connectivity index (χ0v) is 17.2. The van der Waals surface area contributed by atoms with Crippen LogP contribution >= 0.6 is 12.2 Å². The van der Waals surface area contributed by atoms with Gasteiger partial charge in [0.25, 0.3) is 5.91 Å². The first-order valence-corrected chi connectivity index (χ1v) is 9.39. The van der Waals surface area contributed by atoms with Gasteiger partial charge in [-0.15, -0.1) is 0 Å². The molecule has 1 aromatic heterocycles. The Balaban J connectivity index is 1.75. The zero-order valence-electron chi connectivity index (χ0n) is 16.4. The molecule has 0 fully saturated rings. The minimum Gasteiger partial charge on any atom is -0.496 e. The van der Waals surface area contributed by atoms with Crippen molar-refractivity contribution in [3.05, 3.63) is 71.0 Å². The molecule has 0 aliphatic rings. The monoisotopic (exact) mass is 410 g/mol. The number of thiocarbonyl (C=S) groups is 1. The zero-order chi connectivity index (χ0) is 21.0. The number of carbonyl (C=O) groups is 1. The van der Waals surface area contributed by atoms with Gasteiger partial charge in [-0.2, -0.15) is 0 Å². The fourth-order valence-corrected chi connectivity index (χ4v) is 3.02. The molecule has 0 saturated carbocycles. The molecule has 3 rings (SSSR count). The van der Waals surface area contributed by atoms with Crippen molar-refractivity contribution >= 4 is 28.9 Å². The highest BCUT2D eigenvalue weighted by atomic mass is 32.1. The van der Waals surface area contributed by atoms with Crippen molar-refractivity contribution in [1.82, 2.24) is 5.32 Å². The highest BCUT2D eigenvalue weighted by Crippen LogP contribution is 2.33. The maximum atomic E-state index is 12.4. The van der Waals surface area contributed by atoms with Crippen LogP contribution in [0.5, 0.6) is 5.75 Å². The molecule has 0 aliphatic heterocycles. The predicted molar refractivity (Wildman–Crippen MR) is 116 cm³/mol. The van der Waals surface area contributed by atoms with Crippen molar-refractivity contribution in [2.24, 2.45) is 0 Å². The van der Waals surface area contributed by atoms with Crippen LogP contribution in [0.15, 0.2) is 52.9 Å². The molecule has 3 N–H and O–H groups in total. The molecule has 0 aliphatic carbocycles. The molecule has 0 saturated heterocycles. The quantitative estimate of drug-likeness (QED) is 0.547. The van der Waals surface area contributed by atoms with Gasteiger partial charge in [0.05, 0.1) is 12.7 Å². The molecule has 0 spiro atoms. The van der Waals surface area contributed by atoms with Crippen LogP contribution in [0.3, 0.4) is 0 Å². The van der Waals surface area contributed by atoms with Gasteiger partial charge < -0.3 is 19.6 Å². The maximum Gasteiger partial charge on any atom is 0.257 e. The first kappa shape index (κ1) is 20.6. The number of nitrogens with one attached hydrogen (secondary N) is 2. The lowest BCUT2D eigenvalue weighted by Gasteiger charge is -2.13. The number of aliphatic hydroxyl groups excluding tert-OH is 1. The number of amides is 1. The lowest BCUT2D eigenvalue weighted by Crippen LogP contribution is -2.34. The van der Waals surface area contributed by atoms with Crippen molar-refractivity contribution in [2.45, 2.75) is 20.5 Å². The topological polar surface area (TPSA) is 83.7 Å². The molecule has 1 heterocycles. The van der Waals surface area contributed by atoms with Gasteiger partial charge in [0.1, 0.15) is 23.9 Å². The van der Waals surface area contributed by atoms with E-state index in [9.17, 15) is 9.90 Å². The van der Waals surface area contributed by atoms with Crippen molar-refractivity contribution in [2.75, 3.05) is 12.4 Å². The average molecular weight is 410 g/mol. The number of hydrogen-bond acceptors (Lipinski definition) is 5. The summed E-state index contributed by atoms with van der Waals surface area (Å²) in [4.78, 5) is 12.4. The summed E-state index contributed by atoms with van der Waals surface area (Å²) in [5.41, 5.74) is 4.06. The van der Waals surface area contributed by atoms with E-state index in [4.69, 9.17) is 21.4 Å². The van der Waals surface area contributed by atoms with E-state index in [1.165, 1.54) is 0 Å². The fraction of sp³-hybridized carbons (Fsp3) is 0.182. The van der Waals surface area contributed by atoms with Crippen LogP contribution in [0.4, 0.5) is 5.69 Å². The third kappa shape index (κ3) is 4.82. The van der Waals surface area contributed by atoms with E-state index < -0.39 is 0 Å². The summed E-state index contributed by atoms with van der Waals surface area (Å²) in [5.74, 6) is 1.34. The second-order valence-corrected chi connectivity index (χ2v) is 6.95. The minimum absolute atomic E-state index is 0.180. The van der Waals surface area contributed by atoms with Gasteiger partial charge in [0.15, 0.2) is 5.11 Å². The van der Waals surface area contributed by atoms with Crippen LogP contribution in [-0.2, 0) is 6.61 Å². The van der Waals surface area contributed by atoms with E-state index in [0.29, 0.717) is 34.1 Å². The number of rotatable bonds is 5. The van der Waals surface area contributed by atoms with E-state index in [0.717, 1.165) is 11.1 Å². The fourth-order valence-electron chi connectivity index (χ4n) is 2.81. The number of furan rings is 1. The number of carbonyl (C=O) groups excluding carboxylic acids is 1. The summed E-state index contributed by atoms with van der Waals surface area (Å²) in [6.45, 7) is 3.76. The first-order valence-electron chi connectivity index (χ1n) is 8.99. The normalized spacial score (nSPS) is 10.5. The largest absolute Gasteiger partial charge is 0.496 e. The predicted octanol–water partition coefficient (Wildman–Crippen LogP) is 4.19. The average Bonchev–Trinajstić information content (AvgIpc) is 3.19. The molecule has 0 unspecified atom stereocenters. The van der Waals surface area contributed by atoms with Gasteiger partial charge in [-0.05, 0) is 79.7 Å². The lowest BCUT2D eigenvalue weighted by molar-refractivity contribution is 0.0977. The van der Waals surface area contributed by atoms with Crippen LogP contribution in [0.2, 0.25) is 0 Å². The third-order valence-corrected chi connectivity index (χ3v) is 4.74. The SMILES string of the molecule is COc1ccc(NC(=S)NC(=O)c2ccc(C)c(C)c2)cc1-c1ccc(CO)o1. The molecule has 7 heteroatoms. The van der Waals surface area contributed by atoms with Crippen LogP contribution in [0, 0.1) is 13.8 Å². The van der Waals surface area contributed by atoms with Crippen LogP contribution in [0.1, 0.15) is 27.2 Å². The second-order valence-electron chi connectivity index (χ2n) is 6.55. The molecular weight excluding hydrogens is 388 g/mol. The Morgan fingerprint density at radius 2 is 1.90 bits per heavy atom. The van der Waals surface area contributed by atoms with E-state index >= 15 is 0 Å². The minimum atomic E-state index is -0.280. The Labute approximate surface area is 174 Å². The van der Waals surface area contributed by atoms with Crippen LogP contribution in [0.25, 0.3) is 11.3 Å². The number of aliphatic hydroxyl groups is 1. The molecule has 1 amide bonds. The molecule has 150 valence electrons. The maximum absolute atomic E-state index is 12.4. The summed E-state index contributed by atoms with van der Waals surface area (Å²) in [7, 11) is 1.57. The Morgan fingerprint density at radius 1 is 1.10 bits per heavy atom. The molecule has 3 aromatic rings. The Bertz CT molecular complexity index is 1060. The highest BCUT2D eigenvalue weighted by molar-refractivity contribution is 7.80. The lowest BCUT2D eigenvalue weighted by atomic mass is 10.1. The molecule has 2 aromatic carbocycles. The van der Waals surface area contributed by atoms with E-state index in [-0.39, 0.29) is 17.6 Å². The van der Waals surface area contributed by atoms with Crippen molar-refractivity contribution in [3.8, 4) is 17.1 Å². The number of hydrogen-bond donors (Lipinski definition) is 3. The van der Waals surface area contributed by atoms with Crippen molar-refractivity contribution < 1.29 is 19.1 Å². The Hall–Kier alpha value is -3.16. The summed E-state index contributed by atoms with van der Waals surface area (Å²) < 4.78 is 11.0. The Kier molecular flexibility index (Phi) is 6.31. The van der Waals surface area contributed by atoms with Gasteiger partial charge in [0, 0.05) is 11.3 Å². The molecular formula is C22H22N2O4S. The number of methoxy groups -OCH3 is 1. The van der Waals surface area contributed by atoms with Crippen LogP contribution in [-0.4, -0.2) is 23.2 Å². The van der Waals surface area contributed by atoms with Crippen molar-refractivity contribution in [3.63, 3.8) is 0 Å². The van der Waals surface area contributed by atoms with Gasteiger partial charge in [-0.1, -0.05) is 6.07 Å². The number of anilines is 1. The van der Waals surface area contributed by atoms with E-state index in [2.05, 4.69) is 10.6 Å². The first-order chi connectivity index (χ1) is 13.9. The molecule has 29 heavy (non-hydrogen) atoms. The number of aryl methyl sites for hydroxylation is 2. The molecule has 6 nitrogen and oxygen atoms in total. The smallest absolute Gasteiger partial charge is 0.257 e.